The summed E-state index contributed by atoms with van der Waals surface area (Å²) in [5.41, 5.74) is 2.11. The predicted molar refractivity (Wildman–Crippen MR) is 87.2 cm³/mol. The molecular weight excluding hydrogens is 308 g/mol. The Kier molecular flexibility index (Phi) is 4.15. The van der Waals surface area contributed by atoms with Gasteiger partial charge in [-0.3, -0.25) is 14.0 Å². The van der Waals surface area contributed by atoms with E-state index in [0.29, 0.717) is 28.4 Å². The molecule has 2 heterocycles. The molecule has 24 heavy (non-hydrogen) atoms. The van der Waals surface area contributed by atoms with Crippen molar-refractivity contribution in [1.82, 2.24) is 9.38 Å². The number of carbonyl (C=O) groups excluding carboxylic acids is 1. The van der Waals surface area contributed by atoms with E-state index in [1.54, 1.807) is 47.0 Å². The molecule has 1 aromatic carbocycles. The van der Waals surface area contributed by atoms with Crippen molar-refractivity contribution in [3.8, 4) is 0 Å². The Hall–Kier alpha value is -3.35. The van der Waals surface area contributed by atoms with Gasteiger partial charge in [0.1, 0.15) is 5.65 Å². The minimum atomic E-state index is -0.985. The normalized spacial score (nSPS) is 11.2. The van der Waals surface area contributed by atoms with Crippen molar-refractivity contribution in [2.75, 3.05) is 0 Å². The van der Waals surface area contributed by atoms with Gasteiger partial charge in [0.25, 0.3) is 0 Å². The third kappa shape index (κ3) is 3.19. The van der Waals surface area contributed by atoms with Gasteiger partial charge in [0.2, 0.25) is 0 Å². The first-order valence-electron chi connectivity index (χ1n) is 7.25. The fraction of sp³-hybridized carbons (Fsp3) is 0.118. The number of aliphatic carboxylic acids is 1. The molecule has 0 saturated carbocycles. The zero-order valence-electron chi connectivity index (χ0n) is 12.9. The lowest BCUT2D eigenvalue weighted by Gasteiger charge is -1.98. The van der Waals surface area contributed by atoms with Gasteiger partial charge in [0.05, 0.1) is 17.8 Å². The Morgan fingerprint density at radius 2 is 1.88 bits per heavy atom. The first-order valence-corrected chi connectivity index (χ1v) is 7.25. The number of imidazole rings is 1. The Morgan fingerprint density at radius 1 is 1.12 bits per heavy atom. The number of carbonyl (C=O) groups is 2. The van der Waals surface area contributed by atoms with E-state index in [2.05, 4.69) is 15.2 Å². The molecule has 3 aromatic rings. The fourth-order valence-corrected chi connectivity index (χ4v) is 2.27. The highest BCUT2D eigenvalue weighted by Crippen LogP contribution is 2.24. The number of rotatable bonds is 5. The summed E-state index contributed by atoms with van der Waals surface area (Å²) in [6.07, 6.45) is 1.51. The molecule has 0 aliphatic rings. The molecule has 0 spiro atoms. The fourth-order valence-electron chi connectivity index (χ4n) is 2.27. The molecule has 1 N–H and O–H groups in total. The van der Waals surface area contributed by atoms with E-state index in [9.17, 15) is 9.59 Å². The Morgan fingerprint density at radius 3 is 2.54 bits per heavy atom. The Balaban J connectivity index is 1.98. The van der Waals surface area contributed by atoms with Gasteiger partial charge in [-0.1, -0.05) is 6.07 Å². The first-order chi connectivity index (χ1) is 11.5. The van der Waals surface area contributed by atoms with Crippen LogP contribution in [0.3, 0.4) is 0 Å². The van der Waals surface area contributed by atoms with Crippen molar-refractivity contribution in [2.24, 2.45) is 10.2 Å². The minimum absolute atomic E-state index is 0.0241. The van der Waals surface area contributed by atoms with Crippen LogP contribution in [0.2, 0.25) is 0 Å². The molecule has 0 unspecified atom stereocenters. The monoisotopic (exact) mass is 322 g/mol. The number of carboxylic acids is 1. The number of fused-ring (bicyclic) bond motifs is 1. The maximum atomic E-state index is 11.3. The zero-order valence-corrected chi connectivity index (χ0v) is 12.9. The molecule has 7 heteroatoms. The van der Waals surface area contributed by atoms with Crippen LogP contribution in [0.5, 0.6) is 0 Å². The average Bonchev–Trinajstić information content (AvgIpc) is 2.89. The van der Waals surface area contributed by atoms with Gasteiger partial charge >= 0.3 is 5.97 Å². The number of pyridine rings is 1. The number of benzene rings is 1. The maximum Gasteiger partial charge on any atom is 0.309 e. The second kappa shape index (κ2) is 6.41. The molecule has 0 aliphatic heterocycles. The molecule has 0 aliphatic carbocycles. The highest BCUT2D eigenvalue weighted by molar-refractivity contribution is 5.94. The van der Waals surface area contributed by atoms with Crippen LogP contribution in [-0.4, -0.2) is 26.2 Å². The smallest absolute Gasteiger partial charge is 0.309 e. The number of ketones is 1. The summed E-state index contributed by atoms with van der Waals surface area (Å²) in [6.45, 7) is 1.49. The number of aromatic nitrogens is 2. The van der Waals surface area contributed by atoms with Crippen LogP contribution in [0.25, 0.3) is 5.65 Å². The van der Waals surface area contributed by atoms with Gasteiger partial charge in [0.15, 0.2) is 11.6 Å². The lowest BCUT2D eigenvalue weighted by molar-refractivity contribution is -0.136. The summed E-state index contributed by atoms with van der Waals surface area (Å²) in [7, 11) is 0. The second-order valence-corrected chi connectivity index (χ2v) is 5.18. The quantitative estimate of drug-likeness (QED) is 0.573. The van der Waals surface area contributed by atoms with E-state index < -0.39 is 5.97 Å². The van der Waals surface area contributed by atoms with Crippen LogP contribution in [0.4, 0.5) is 11.5 Å². The maximum absolute atomic E-state index is 11.3. The van der Waals surface area contributed by atoms with Crippen LogP contribution in [0.1, 0.15) is 23.0 Å². The molecule has 0 fully saturated rings. The molecule has 3 rings (SSSR count). The summed E-state index contributed by atoms with van der Waals surface area (Å²) in [5.74, 6) is -0.631. The number of hydrogen-bond acceptors (Lipinski definition) is 5. The van der Waals surface area contributed by atoms with Crippen LogP contribution >= 0.6 is 0 Å². The van der Waals surface area contributed by atoms with Crippen molar-refractivity contribution in [1.29, 1.82) is 0 Å². The topological polar surface area (TPSA) is 96.4 Å². The third-order valence-electron chi connectivity index (χ3n) is 3.43. The molecular formula is C17H14N4O3. The Labute approximate surface area is 137 Å². The van der Waals surface area contributed by atoms with Crippen LogP contribution in [0, 0.1) is 0 Å². The van der Waals surface area contributed by atoms with Crippen LogP contribution in [-0.2, 0) is 11.2 Å². The second-order valence-electron chi connectivity index (χ2n) is 5.18. The zero-order chi connectivity index (χ0) is 17.1. The third-order valence-corrected chi connectivity index (χ3v) is 3.43. The number of Topliss-reactive ketones (excluding diaryl/α,β-unsaturated/α-hetero) is 1. The largest absolute Gasteiger partial charge is 0.481 e. The molecule has 0 atom stereocenters. The number of nitrogens with zero attached hydrogens (tertiary/aromatic N) is 4. The predicted octanol–water partition coefficient (Wildman–Crippen LogP) is 3.58. The summed E-state index contributed by atoms with van der Waals surface area (Å²) >= 11 is 0. The highest BCUT2D eigenvalue weighted by atomic mass is 16.4. The number of azo groups is 1. The van der Waals surface area contributed by atoms with Gasteiger partial charge in [-0.2, -0.15) is 0 Å². The molecule has 120 valence electrons. The minimum Gasteiger partial charge on any atom is -0.481 e. The van der Waals surface area contributed by atoms with Crippen molar-refractivity contribution in [3.63, 3.8) is 0 Å². The van der Waals surface area contributed by atoms with Crippen molar-refractivity contribution in [3.05, 3.63) is 59.9 Å². The summed E-state index contributed by atoms with van der Waals surface area (Å²) in [6, 6.07) is 12.1. The van der Waals surface area contributed by atoms with Gasteiger partial charge < -0.3 is 5.11 Å². The number of carboxylic acid groups (broad SMARTS) is 1. The van der Waals surface area contributed by atoms with E-state index in [0.717, 1.165) is 0 Å². The van der Waals surface area contributed by atoms with E-state index in [1.807, 2.05) is 6.07 Å². The Bertz CT molecular complexity index is 942. The SMILES string of the molecule is CC(=O)c1ccc(N=Nc2c(CC(=O)O)nc3ccccn23)cc1. The van der Waals surface area contributed by atoms with Crippen molar-refractivity contribution in [2.45, 2.75) is 13.3 Å². The molecule has 0 amide bonds. The number of hydrogen-bond donors (Lipinski definition) is 1. The summed E-state index contributed by atoms with van der Waals surface area (Å²) < 4.78 is 1.69. The lowest BCUT2D eigenvalue weighted by atomic mass is 10.1. The van der Waals surface area contributed by atoms with Gasteiger partial charge in [-0.05, 0) is 43.3 Å². The molecule has 7 nitrogen and oxygen atoms in total. The standard InChI is InChI=1S/C17H14N4O3/c1-11(22)12-5-7-13(8-6-12)19-20-17-14(10-16(23)24)18-15-4-2-3-9-21(15)17/h2-9H,10H2,1H3,(H,23,24). The lowest BCUT2D eigenvalue weighted by Crippen LogP contribution is -2.00. The average molecular weight is 322 g/mol. The van der Waals surface area contributed by atoms with Crippen LogP contribution in [0.15, 0.2) is 58.9 Å². The van der Waals surface area contributed by atoms with Gasteiger partial charge in [0, 0.05) is 11.8 Å². The van der Waals surface area contributed by atoms with E-state index in [1.165, 1.54) is 6.92 Å². The molecule has 0 bridgehead atoms. The van der Waals surface area contributed by atoms with Crippen molar-refractivity contribution < 1.29 is 14.7 Å². The van der Waals surface area contributed by atoms with Crippen LogP contribution < -0.4 is 0 Å². The summed E-state index contributed by atoms with van der Waals surface area (Å²) in [4.78, 5) is 26.6. The summed E-state index contributed by atoms with van der Waals surface area (Å²) in [5, 5.41) is 17.3. The van der Waals surface area contributed by atoms with Crippen molar-refractivity contribution >= 4 is 28.9 Å². The first kappa shape index (κ1) is 15.5. The molecule has 0 radical (unpaired) electrons. The van der Waals surface area contributed by atoms with Gasteiger partial charge in [-0.25, -0.2) is 4.98 Å². The van der Waals surface area contributed by atoms with E-state index in [4.69, 9.17) is 5.11 Å². The van der Waals surface area contributed by atoms with Gasteiger partial charge in [-0.15, -0.1) is 10.2 Å². The van der Waals surface area contributed by atoms with E-state index in [-0.39, 0.29) is 12.2 Å². The molecule has 2 aromatic heterocycles. The molecule has 0 saturated heterocycles. The van der Waals surface area contributed by atoms with E-state index >= 15 is 0 Å². The highest BCUT2D eigenvalue weighted by Gasteiger charge is 2.14.